The van der Waals surface area contributed by atoms with Gasteiger partial charge in [0.1, 0.15) is 18.4 Å². The molecule has 1 aromatic carbocycles. The maximum atomic E-state index is 12.8. The summed E-state index contributed by atoms with van der Waals surface area (Å²) in [7, 11) is 0. The Morgan fingerprint density at radius 1 is 1.33 bits per heavy atom. The minimum Gasteiger partial charge on any atom is -0.487 e. The standard InChI is InChI=1S/C22H31N3O5/c1-15(2)13-29-19-8-6-5-7-17(19)24-12-20(26)25-10-9-23-22(28)18(25)11-21(27)30-14-16(3)4/h5-8,16,18,24H,1,9-14H2,2-4H3,(H,23,28). The van der Waals surface area contributed by atoms with Crippen molar-refractivity contribution in [3.63, 3.8) is 0 Å². The molecule has 1 saturated heterocycles. The number of nitrogens with one attached hydrogen (secondary N) is 2. The van der Waals surface area contributed by atoms with E-state index in [0.29, 0.717) is 31.1 Å². The van der Waals surface area contributed by atoms with Crippen LogP contribution in [0.3, 0.4) is 0 Å². The molecule has 8 heteroatoms. The van der Waals surface area contributed by atoms with Crippen LogP contribution in [-0.4, -0.2) is 61.6 Å². The summed E-state index contributed by atoms with van der Waals surface area (Å²) >= 11 is 0. The number of piperazine rings is 1. The van der Waals surface area contributed by atoms with Gasteiger partial charge in [0.2, 0.25) is 11.8 Å². The number of hydrogen-bond acceptors (Lipinski definition) is 6. The Hall–Kier alpha value is -3.03. The number of anilines is 1. The Labute approximate surface area is 177 Å². The topological polar surface area (TPSA) is 97.0 Å². The molecule has 1 aliphatic rings. The molecule has 0 aliphatic carbocycles. The smallest absolute Gasteiger partial charge is 0.308 e. The van der Waals surface area contributed by atoms with Gasteiger partial charge in [0.15, 0.2) is 0 Å². The number of amides is 2. The third-order valence-corrected chi connectivity index (χ3v) is 4.38. The number of nitrogens with zero attached hydrogens (tertiary/aromatic N) is 1. The second-order valence-corrected chi connectivity index (χ2v) is 7.77. The SMILES string of the molecule is C=C(C)COc1ccccc1NCC(=O)N1CCNC(=O)C1CC(=O)OCC(C)C. The number of benzene rings is 1. The van der Waals surface area contributed by atoms with E-state index in [2.05, 4.69) is 17.2 Å². The summed E-state index contributed by atoms with van der Waals surface area (Å²) in [6.07, 6.45) is -0.164. The second kappa shape index (κ2) is 11.2. The molecule has 1 aromatic rings. The van der Waals surface area contributed by atoms with Gasteiger partial charge < -0.3 is 25.0 Å². The fraction of sp³-hybridized carbons (Fsp3) is 0.500. The maximum Gasteiger partial charge on any atom is 0.308 e. The van der Waals surface area contributed by atoms with E-state index in [0.717, 1.165) is 5.57 Å². The highest BCUT2D eigenvalue weighted by Crippen LogP contribution is 2.24. The van der Waals surface area contributed by atoms with Gasteiger partial charge in [0.05, 0.1) is 25.3 Å². The van der Waals surface area contributed by atoms with Gasteiger partial charge in [0, 0.05) is 13.1 Å². The first-order valence-electron chi connectivity index (χ1n) is 10.1. The zero-order chi connectivity index (χ0) is 22.1. The fourth-order valence-corrected chi connectivity index (χ4v) is 2.90. The van der Waals surface area contributed by atoms with E-state index in [1.165, 1.54) is 4.90 Å². The van der Waals surface area contributed by atoms with Crippen molar-refractivity contribution in [1.29, 1.82) is 0 Å². The van der Waals surface area contributed by atoms with Gasteiger partial charge in [-0.25, -0.2) is 0 Å². The third kappa shape index (κ3) is 7.09. The van der Waals surface area contributed by atoms with E-state index in [1.54, 1.807) is 6.07 Å². The summed E-state index contributed by atoms with van der Waals surface area (Å²) in [4.78, 5) is 38.7. The van der Waals surface area contributed by atoms with Crippen LogP contribution in [0.15, 0.2) is 36.4 Å². The molecule has 0 bridgehead atoms. The first kappa shape index (κ1) is 23.3. The Morgan fingerprint density at radius 2 is 2.07 bits per heavy atom. The van der Waals surface area contributed by atoms with Crippen molar-refractivity contribution in [3.8, 4) is 5.75 Å². The van der Waals surface area contributed by atoms with E-state index in [-0.39, 0.29) is 37.3 Å². The molecular formula is C22H31N3O5. The van der Waals surface area contributed by atoms with Gasteiger partial charge in [-0.05, 0) is 30.5 Å². The van der Waals surface area contributed by atoms with E-state index in [1.807, 2.05) is 39.0 Å². The van der Waals surface area contributed by atoms with E-state index in [4.69, 9.17) is 9.47 Å². The molecule has 0 spiro atoms. The molecule has 0 saturated carbocycles. The van der Waals surface area contributed by atoms with Gasteiger partial charge in [-0.1, -0.05) is 32.6 Å². The van der Waals surface area contributed by atoms with E-state index in [9.17, 15) is 14.4 Å². The fourth-order valence-electron chi connectivity index (χ4n) is 2.90. The van der Waals surface area contributed by atoms with Crippen molar-refractivity contribution in [2.75, 3.05) is 38.2 Å². The van der Waals surface area contributed by atoms with Crippen LogP contribution in [0.5, 0.6) is 5.75 Å². The molecule has 2 rings (SSSR count). The quantitative estimate of drug-likeness (QED) is 0.446. The van der Waals surface area contributed by atoms with Gasteiger partial charge in [-0.15, -0.1) is 0 Å². The van der Waals surface area contributed by atoms with Crippen LogP contribution in [0.1, 0.15) is 27.2 Å². The van der Waals surface area contributed by atoms with Crippen LogP contribution in [0.25, 0.3) is 0 Å². The molecule has 2 N–H and O–H groups in total. The van der Waals surface area contributed by atoms with Gasteiger partial charge in [0.25, 0.3) is 0 Å². The van der Waals surface area contributed by atoms with Gasteiger partial charge in [-0.3, -0.25) is 14.4 Å². The van der Waals surface area contributed by atoms with Gasteiger partial charge >= 0.3 is 5.97 Å². The lowest BCUT2D eigenvalue weighted by Crippen LogP contribution is -2.58. The van der Waals surface area contributed by atoms with Crippen LogP contribution >= 0.6 is 0 Å². The summed E-state index contributed by atoms with van der Waals surface area (Å²) in [5.41, 5.74) is 1.55. The molecule has 0 aromatic heterocycles. The average Bonchev–Trinajstić information content (AvgIpc) is 2.71. The van der Waals surface area contributed by atoms with Crippen molar-refractivity contribution in [1.82, 2.24) is 10.2 Å². The first-order chi connectivity index (χ1) is 14.3. The lowest BCUT2D eigenvalue weighted by molar-refractivity contribution is -0.152. The van der Waals surface area contributed by atoms with Crippen molar-refractivity contribution in [2.24, 2.45) is 5.92 Å². The minimum absolute atomic E-state index is 0.0295. The molecule has 1 heterocycles. The van der Waals surface area contributed by atoms with Gasteiger partial charge in [-0.2, -0.15) is 0 Å². The minimum atomic E-state index is -0.873. The summed E-state index contributed by atoms with van der Waals surface area (Å²) in [5.74, 6) is -0.306. The molecule has 2 amide bonds. The molecule has 30 heavy (non-hydrogen) atoms. The zero-order valence-corrected chi connectivity index (χ0v) is 17.9. The summed E-state index contributed by atoms with van der Waals surface area (Å²) < 4.78 is 10.9. The number of hydrogen-bond donors (Lipinski definition) is 2. The first-order valence-corrected chi connectivity index (χ1v) is 10.1. The van der Waals surface area contributed by atoms with Crippen molar-refractivity contribution in [2.45, 2.75) is 33.2 Å². The summed E-state index contributed by atoms with van der Waals surface area (Å²) in [6.45, 7) is 10.9. The molecule has 1 unspecified atom stereocenters. The molecule has 8 nitrogen and oxygen atoms in total. The molecule has 0 radical (unpaired) electrons. The summed E-state index contributed by atoms with van der Waals surface area (Å²) in [5, 5.41) is 5.78. The average molecular weight is 418 g/mol. The lowest BCUT2D eigenvalue weighted by Gasteiger charge is -2.34. The molecule has 1 aliphatic heterocycles. The lowest BCUT2D eigenvalue weighted by atomic mass is 10.1. The normalized spacial score (nSPS) is 16.1. The Morgan fingerprint density at radius 3 is 2.77 bits per heavy atom. The van der Waals surface area contributed by atoms with E-state index < -0.39 is 12.0 Å². The Bertz CT molecular complexity index is 778. The number of ether oxygens (including phenoxy) is 2. The van der Waals surface area contributed by atoms with Crippen molar-refractivity contribution < 1.29 is 23.9 Å². The molecule has 1 fully saturated rings. The third-order valence-electron chi connectivity index (χ3n) is 4.38. The zero-order valence-electron chi connectivity index (χ0n) is 17.9. The molecule has 1 atom stereocenters. The predicted molar refractivity (Wildman–Crippen MR) is 114 cm³/mol. The Balaban J connectivity index is 1.99. The van der Waals surface area contributed by atoms with Crippen LogP contribution in [-0.2, 0) is 19.1 Å². The van der Waals surface area contributed by atoms with Crippen LogP contribution in [0.2, 0.25) is 0 Å². The van der Waals surface area contributed by atoms with Crippen LogP contribution in [0, 0.1) is 5.92 Å². The molecule has 164 valence electrons. The maximum absolute atomic E-state index is 12.8. The van der Waals surface area contributed by atoms with Crippen LogP contribution < -0.4 is 15.4 Å². The molecular weight excluding hydrogens is 386 g/mol. The highest BCUT2D eigenvalue weighted by atomic mass is 16.5. The largest absolute Gasteiger partial charge is 0.487 e. The number of carbonyl (C=O) groups is 3. The number of para-hydroxylation sites is 2. The predicted octanol–water partition coefficient (Wildman–Crippen LogP) is 1.97. The highest BCUT2D eigenvalue weighted by Gasteiger charge is 2.35. The number of carbonyl (C=O) groups excluding carboxylic acids is 3. The highest BCUT2D eigenvalue weighted by molar-refractivity contribution is 5.93. The summed E-state index contributed by atoms with van der Waals surface area (Å²) in [6, 6.07) is 6.42. The van der Waals surface area contributed by atoms with Crippen LogP contribution in [0.4, 0.5) is 5.69 Å². The van der Waals surface area contributed by atoms with Crippen molar-refractivity contribution >= 4 is 23.5 Å². The second-order valence-electron chi connectivity index (χ2n) is 7.77. The monoisotopic (exact) mass is 417 g/mol. The van der Waals surface area contributed by atoms with E-state index >= 15 is 0 Å². The van der Waals surface area contributed by atoms with Crippen molar-refractivity contribution in [3.05, 3.63) is 36.4 Å². The Kier molecular flexibility index (Phi) is 8.70. The number of rotatable bonds is 10. The number of esters is 1.